The summed E-state index contributed by atoms with van der Waals surface area (Å²) in [5, 5.41) is 0. The summed E-state index contributed by atoms with van der Waals surface area (Å²) in [5.41, 5.74) is -0.815. The molecule has 0 aliphatic carbocycles. The van der Waals surface area contributed by atoms with E-state index in [1.165, 1.54) is 0 Å². The van der Waals surface area contributed by atoms with Crippen molar-refractivity contribution in [3.8, 4) is 0 Å². The second-order valence-electron chi connectivity index (χ2n) is 5.87. The van der Waals surface area contributed by atoms with Crippen LogP contribution >= 0.6 is 0 Å². The monoisotopic (exact) mass is 241 g/mol. The van der Waals surface area contributed by atoms with Gasteiger partial charge in [-0.15, -0.1) is 0 Å². The Hall–Kier alpha value is -0.900. The molecule has 0 saturated carbocycles. The normalized spacial score (nSPS) is 30.7. The van der Waals surface area contributed by atoms with Crippen LogP contribution in [0.15, 0.2) is 0 Å². The molecule has 0 aromatic rings. The van der Waals surface area contributed by atoms with Crippen LogP contribution in [0, 0.1) is 11.3 Å². The molecule has 0 amide bonds. The van der Waals surface area contributed by atoms with Gasteiger partial charge in [-0.1, -0.05) is 20.8 Å². The molecule has 1 fully saturated rings. The lowest BCUT2D eigenvalue weighted by Gasteiger charge is -2.42. The standard InChI is InChI=1S/C13H23NO3/c1-7-17-11(16)9-8-14(6)13(5,10(9)15)12(2,3)4/h9H,7-8H2,1-6H3. The maximum absolute atomic E-state index is 12.5. The van der Waals surface area contributed by atoms with E-state index in [2.05, 4.69) is 0 Å². The van der Waals surface area contributed by atoms with Crippen molar-refractivity contribution < 1.29 is 14.3 Å². The van der Waals surface area contributed by atoms with E-state index in [0.29, 0.717) is 13.2 Å². The van der Waals surface area contributed by atoms with Crippen molar-refractivity contribution >= 4 is 11.8 Å². The van der Waals surface area contributed by atoms with Crippen LogP contribution in [0.3, 0.4) is 0 Å². The molecule has 0 N–H and O–H groups in total. The third-order valence-corrected chi connectivity index (χ3v) is 4.05. The first kappa shape index (κ1) is 14.2. The number of carbonyl (C=O) groups is 2. The molecule has 1 aliphatic heterocycles. The van der Waals surface area contributed by atoms with Crippen molar-refractivity contribution in [2.24, 2.45) is 11.3 Å². The molecule has 4 nitrogen and oxygen atoms in total. The second kappa shape index (κ2) is 4.41. The highest BCUT2D eigenvalue weighted by Crippen LogP contribution is 2.42. The van der Waals surface area contributed by atoms with E-state index < -0.39 is 17.4 Å². The molecule has 1 rings (SSSR count). The van der Waals surface area contributed by atoms with E-state index in [9.17, 15) is 9.59 Å². The lowest BCUT2D eigenvalue weighted by molar-refractivity contribution is -0.151. The Kier molecular flexibility index (Phi) is 3.67. The third kappa shape index (κ3) is 2.10. The van der Waals surface area contributed by atoms with Gasteiger partial charge in [-0.2, -0.15) is 0 Å². The lowest BCUT2D eigenvalue weighted by Crippen LogP contribution is -2.54. The fourth-order valence-corrected chi connectivity index (χ4v) is 2.43. The summed E-state index contributed by atoms with van der Waals surface area (Å²) in [4.78, 5) is 26.2. The Morgan fingerprint density at radius 1 is 1.53 bits per heavy atom. The van der Waals surface area contributed by atoms with Gasteiger partial charge in [0.15, 0.2) is 5.78 Å². The van der Waals surface area contributed by atoms with Gasteiger partial charge >= 0.3 is 5.97 Å². The molecule has 1 saturated heterocycles. The predicted octanol–water partition coefficient (Wildman–Crippen LogP) is 1.48. The van der Waals surface area contributed by atoms with E-state index in [-0.39, 0.29) is 11.2 Å². The van der Waals surface area contributed by atoms with Gasteiger partial charge in [-0.3, -0.25) is 14.5 Å². The van der Waals surface area contributed by atoms with E-state index >= 15 is 0 Å². The number of esters is 1. The third-order valence-electron chi connectivity index (χ3n) is 4.05. The maximum Gasteiger partial charge on any atom is 0.317 e. The molecule has 2 unspecified atom stereocenters. The van der Waals surface area contributed by atoms with Crippen LogP contribution in [-0.4, -0.2) is 42.4 Å². The molecular weight excluding hydrogens is 218 g/mol. The molecule has 4 heteroatoms. The van der Waals surface area contributed by atoms with Gasteiger partial charge in [-0.25, -0.2) is 0 Å². The van der Waals surface area contributed by atoms with Gasteiger partial charge in [0, 0.05) is 6.54 Å². The minimum atomic E-state index is -0.635. The van der Waals surface area contributed by atoms with Gasteiger partial charge < -0.3 is 4.74 Å². The van der Waals surface area contributed by atoms with Crippen LogP contribution in [0.1, 0.15) is 34.6 Å². The molecule has 0 spiro atoms. The largest absolute Gasteiger partial charge is 0.465 e. The smallest absolute Gasteiger partial charge is 0.317 e. The molecule has 1 aliphatic rings. The number of likely N-dealkylation sites (N-methyl/N-ethyl adjacent to an activating group) is 1. The number of rotatable bonds is 2. The van der Waals surface area contributed by atoms with Crippen LogP contribution in [0.2, 0.25) is 0 Å². The minimum absolute atomic E-state index is 0.0223. The average Bonchev–Trinajstić information content (AvgIpc) is 2.43. The number of ketones is 1. The Labute approximate surface area is 103 Å². The average molecular weight is 241 g/mol. The highest BCUT2D eigenvalue weighted by atomic mass is 16.5. The van der Waals surface area contributed by atoms with Crippen molar-refractivity contribution in [3.63, 3.8) is 0 Å². The topological polar surface area (TPSA) is 46.6 Å². The number of ether oxygens (including phenoxy) is 1. The quantitative estimate of drug-likeness (QED) is 0.543. The van der Waals surface area contributed by atoms with Gasteiger partial charge in [0.2, 0.25) is 0 Å². The van der Waals surface area contributed by atoms with E-state index in [1.807, 2.05) is 39.6 Å². The maximum atomic E-state index is 12.5. The summed E-state index contributed by atoms with van der Waals surface area (Å²) in [5.74, 6) is -1.05. The number of Topliss-reactive ketones (excluding diaryl/α,β-unsaturated/α-hetero) is 1. The summed E-state index contributed by atoms with van der Waals surface area (Å²) in [7, 11) is 1.89. The van der Waals surface area contributed by atoms with Gasteiger partial charge in [0.1, 0.15) is 5.92 Å². The Morgan fingerprint density at radius 3 is 2.41 bits per heavy atom. The molecule has 0 radical (unpaired) electrons. The molecule has 0 bridgehead atoms. The molecule has 0 aromatic carbocycles. The van der Waals surface area contributed by atoms with E-state index in [4.69, 9.17) is 4.74 Å². The zero-order chi connectivity index (χ0) is 13.4. The first-order chi connectivity index (χ1) is 7.66. The zero-order valence-electron chi connectivity index (χ0n) is 11.7. The Balaban J connectivity index is 3.01. The van der Waals surface area contributed by atoms with Crippen molar-refractivity contribution in [1.29, 1.82) is 0 Å². The van der Waals surface area contributed by atoms with Gasteiger partial charge in [-0.05, 0) is 26.3 Å². The van der Waals surface area contributed by atoms with E-state index in [1.54, 1.807) is 6.92 Å². The summed E-state index contributed by atoms with van der Waals surface area (Å²) >= 11 is 0. The predicted molar refractivity (Wildman–Crippen MR) is 65.6 cm³/mol. The summed E-state index contributed by atoms with van der Waals surface area (Å²) in [6.45, 7) is 10.5. The van der Waals surface area contributed by atoms with Crippen LogP contribution in [-0.2, 0) is 14.3 Å². The van der Waals surface area contributed by atoms with Crippen LogP contribution in [0.25, 0.3) is 0 Å². The first-order valence-electron chi connectivity index (χ1n) is 6.08. The van der Waals surface area contributed by atoms with Crippen LogP contribution < -0.4 is 0 Å². The van der Waals surface area contributed by atoms with E-state index in [0.717, 1.165) is 0 Å². The second-order valence-corrected chi connectivity index (χ2v) is 5.87. The zero-order valence-corrected chi connectivity index (χ0v) is 11.7. The summed E-state index contributed by atoms with van der Waals surface area (Å²) < 4.78 is 4.96. The fraction of sp³-hybridized carbons (Fsp3) is 0.846. The molecular formula is C13H23NO3. The molecule has 2 atom stereocenters. The number of nitrogens with zero attached hydrogens (tertiary/aromatic N) is 1. The Morgan fingerprint density at radius 2 is 2.06 bits per heavy atom. The highest BCUT2D eigenvalue weighted by Gasteiger charge is 2.57. The van der Waals surface area contributed by atoms with Crippen LogP contribution in [0.5, 0.6) is 0 Å². The lowest BCUT2D eigenvalue weighted by atomic mass is 9.71. The number of hydrogen-bond donors (Lipinski definition) is 0. The van der Waals surface area contributed by atoms with Crippen molar-refractivity contribution in [2.45, 2.75) is 40.2 Å². The van der Waals surface area contributed by atoms with Crippen molar-refractivity contribution in [2.75, 3.05) is 20.2 Å². The minimum Gasteiger partial charge on any atom is -0.465 e. The molecule has 1 heterocycles. The van der Waals surface area contributed by atoms with Crippen LogP contribution in [0.4, 0.5) is 0 Å². The molecule has 17 heavy (non-hydrogen) atoms. The number of likely N-dealkylation sites (tertiary alicyclic amines) is 1. The Bertz CT molecular complexity index is 332. The highest BCUT2D eigenvalue weighted by molar-refractivity contribution is 6.06. The number of carbonyl (C=O) groups excluding carboxylic acids is 2. The van der Waals surface area contributed by atoms with Gasteiger partial charge in [0.25, 0.3) is 0 Å². The summed E-state index contributed by atoms with van der Waals surface area (Å²) in [6, 6.07) is 0. The molecule has 0 aromatic heterocycles. The van der Waals surface area contributed by atoms with Gasteiger partial charge in [0.05, 0.1) is 12.1 Å². The number of hydrogen-bond acceptors (Lipinski definition) is 4. The first-order valence-corrected chi connectivity index (χ1v) is 6.08. The van der Waals surface area contributed by atoms with Crippen molar-refractivity contribution in [1.82, 2.24) is 4.90 Å². The summed E-state index contributed by atoms with van der Waals surface area (Å²) in [6.07, 6.45) is 0. The molecule has 98 valence electrons. The SMILES string of the molecule is CCOC(=O)C1CN(C)C(C)(C(C)(C)C)C1=O. The fourth-order valence-electron chi connectivity index (χ4n) is 2.43. The van der Waals surface area contributed by atoms with Crippen molar-refractivity contribution in [3.05, 3.63) is 0 Å².